The van der Waals surface area contributed by atoms with E-state index in [2.05, 4.69) is 12.1 Å². The number of benzene rings is 1. The van der Waals surface area contributed by atoms with Crippen LogP contribution in [0, 0.1) is 0 Å². The molecule has 0 bridgehead atoms. The zero-order valence-corrected chi connectivity index (χ0v) is 12.3. The fourth-order valence-electron chi connectivity index (χ4n) is 1.57. The maximum Gasteiger partial charge on any atom is 0.349 e. The minimum Gasteiger partial charge on any atom is -0.493 e. The van der Waals surface area contributed by atoms with E-state index in [4.69, 9.17) is 19.0 Å². The Morgan fingerprint density at radius 2 is 1.81 bits per heavy atom. The molecule has 6 heteroatoms. The lowest BCUT2D eigenvalue weighted by Crippen LogP contribution is -2.18. The van der Waals surface area contributed by atoms with Crippen molar-refractivity contribution >= 4 is 12.0 Å². The van der Waals surface area contributed by atoms with Crippen LogP contribution >= 0.6 is 0 Å². The van der Waals surface area contributed by atoms with Gasteiger partial charge < -0.3 is 19.0 Å². The molecule has 0 heterocycles. The van der Waals surface area contributed by atoms with Crippen LogP contribution in [0.25, 0.3) is 6.08 Å². The highest BCUT2D eigenvalue weighted by Crippen LogP contribution is 2.38. The smallest absolute Gasteiger partial charge is 0.349 e. The van der Waals surface area contributed by atoms with Crippen molar-refractivity contribution in [2.24, 2.45) is 0 Å². The lowest BCUT2D eigenvalue weighted by molar-refractivity contribution is -0.144. The molecule has 1 N–H and O–H groups in total. The van der Waals surface area contributed by atoms with Gasteiger partial charge in [-0.05, 0) is 23.8 Å². The first-order valence-electron chi connectivity index (χ1n) is 6.18. The predicted octanol–water partition coefficient (Wildman–Crippen LogP) is 1.96. The number of hydrogen-bond acceptors (Lipinski definition) is 6. The van der Waals surface area contributed by atoms with E-state index < -0.39 is 5.97 Å². The first-order valence-corrected chi connectivity index (χ1v) is 6.18. The van der Waals surface area contributed by atoms with Gasteiger partial charge in [-0.2, -0.15) is 0 Å². The van der Waals surface area contributed by atoms with E-state index in [1.807, 2.05) is 0 Å². The number of carbonyl (C=O) groups excluding carboxylic acids is 1. The second-order valence-corrected chi connectivity index (χ2v) is 3.85. The van der Waals surface area contributed by atoms with Crippen LogP contribution < -0.4 is 19.7 Å². The molecule has 0 radical (unpaired) electrons. The van der Waals surface area contributed by atoms with Crippen molar-refractivity contribution in [3.8, 4) is 17.2 Å². The highest BCUT2D eigenvalue weighted by Gasteiger charge is 2.12. The third-order valence-corrected chi connectivity index (χ3v) is 2.50. The van der Waals surface area contributed by atoms with Gasteiger partial charge in [-0.3, -0.25) is 0 Å². The number of hydrogen-bond donors (Lipinski definition) is 1. The zero-order valence-electron chi connectivity index (χ0n) is 12.3. The largest absolute Gasteiger partial charge is 0.493 e. The van der Waals surface area contributed by atoms with Gasteiger partial charge >= 0.3 is 5.97 Å². The van der Waals surface area contributed by atoms with Crippen LogP contribution in [0.4, 0.5) is 0 Å². The van der Waals surface area contributed by atoms with Crippen LogP contribution in [0.5, 0.6) is 17.2 Å². The Morgan fingerprint density at radius 1 is 1.19 bits per heavy atom. The number of nitrogens with one attached hydrogen (secondary N) is 1. The Labute approximate surface area is 123 Å². The Morgan fingerprint density at radius 3 is 2.29 bits per heavy atom. The van der Waals surface area contributed by atoms with Gasteiger partial charge in [0.15, 0.2) is 11.5 Å². The Kier molecular flexibility index (Phi) is 6.83. The number of hydroxylamine groups is 1. The van der Waals surface area contributed by atoms with Gasteiger partial charge in [0.25, 0.3) is 0 Å². The SMILES string of the molecule is C=CCNOC(=O)C=Cc1cc(OC)c(OC)c(OC)c1. The van der Waals surface area contributed by atoms with E-state index >= 15 is 0 Å². The molecule has 114 valence electrons. The lowest BCUT2D eigenvalue weighted by Gasteiger charge is -2.12. The first kappa shape index (κ1) is 16.6. The van der Waals surface area contributed by atoms with Gasteiger partial charge in [0.05, 0.1) is 21.3 Å². The van der Waals surface area contributed by atoms with Crippen LogP contribution in [-0.2, 0) is 9.63 Å². The number of methoxy groups -OCH3 is 3. The molecule has 6 nitrogen and oxygen atoms in total. The second kappa shape index (κ2) is 8.65. The van der Waals surface area contributed by atoms with Crippen molar-refractivity contribution in [1.82, 2.24) is 5.48 Å². The number of carbonyl (C=O) groups is 1. The van der Waals surface area contributed by atoms with Crippen molar-refractivity contribution in [3.05, 3.63) is 36.4 Å². The molecular weight excluding hydrogens is 274 g/mol. The third-order valence-electron chi connectivity index (χ3n) is 2.50. The molecule has 0 atom stereocenters. The van der Waals surface area contributed by atoms with Crippen molar-refractivity contribution in [1.29, 1.82) is 0 Å². The zero-order chi connectivity index (χ0) is 15.7. The van der Waals surface area contributed by atoms with Crippen LogP contribution in [0.3, 0.4) is 0 Å². The lowest BCUT2D eigenvalue weighted by atomic mass is 10.1. The van der Waals surface area contributed by atoms with E-state index in [-0.39, 0.29) is 0 Å². The molecule has 0 saturated carbocycles. The van der Waals surface area contributed by atoms with Crippen molar-refractivity contribution in [3.63, 3.8) is 0 Å². The summed E-state index contributed by atoms with van der Waals surface area (Å²) in [5, 5.41) is 0. The molecule has 0 aromatic heterocycles. The normalized spacial score (nSPS) is 10.2. The summed E-state index contributed by atoms with van der Waals surface area (Å²) < 4.78 is 15.7. The average molecular weight is 293 g/mol. The second-order valence-electron chi connectivity index (χ2n) is 3.85. The molecule has 0 spiro atoms. The average Bonchev–Trinajstić information content (AvgIpc) is 2.51. The summed E-state index contributed by atoms with van der Waals surface area (Å²) in [6.07, 6.45) is 4.45. The van der Waals surface area contributed by atoms with E-state index in [0.29, 0.717) is 29.4 Å². The van der Waals surface area contributed by atoms with Gasteiger partial charge in [0.1, 0.15) is 0 Å². The molecule has 0 fully saturated rings. The number of rotatable bonds is 8. The summed E-state index contributed by atoms with van der Waals surface area (Å²) in [5.41, 5.74) is 3.16. The van der Waals surface area contributed by atoms with E-state index in [0.717, 1.165) is 0 Å². The molecule has 1 aromatic carbocycles. The molecule has 0 aliphatic rings. The number of ether oxygens (including phenoxy) is 3. The predicted molar refractivity (Wildman–Crippen MR) is 79.4 cm³/mol. The summed E-state index contributed by atoms with van der Waals surface area (Å²) in [6.45, 7) is 3.87. The Balaban J connectivity index is 2.88. The summed E-state index contributed by atoms with van der Waals surface area (Å²) in [4.78, 5) is 16.2. The molecule has 0 unspecified atom stereocenters. The summed E-state index contributed by atoms with van der Waals surface area (Å²) in [6, 6.07) is 3.45. The molecule has 0 saturated heterocycles. The van der Waals surface area contributed by atoms with E-state index in [9.17, 15) is 4.79 Å². The Bertz CT molecular complexity index is 500. The van der Waals surface area contributed by atoms with Crippen molar-refractivity contribution < 1.29 is 23.8 Å². The van der Waals surface area contributed by atoms with Crippen LogP contribution in [0.1, 0.15) is 5.56 Å². The molecule has 21 heavy (non-hydrogen) atoms. The Hall–Kier alpha value is -2.47. The molecule has 0 aliphatic heterocycles. The minimum atomic E-state index is -0.523. The van der Waals surface area contributed by atoms with Gasteiger partial charge in [0, 0.05) is 12.6 Å². The van der Waals surface area contributed by atoms with Crippen molar-refractivity contribution in [2.75, 3.05) is 27.9 Å². The maximum atomic E-state index is 11.4. The van der Waals surface area contributed by atoms with Gasteiger partial charge in [-0.25, -0.2) is 4.79 Å². The fraction of sp³-hybridized carbons (Fsp3) is 0.267. The van der Waals surface area contributed by atoms with Gasteiger partial charge in [0.2, 0.25) is 5.75 Å². The summed E-state index contributed by atoms with van der Waals surface area (Å²) in [5.74, 6) is 0.988. The van der Waals surface area contributed by atoms with Gasteiger partial charge in [-0.1, -0.05) is 6.08 Å². The first-order chi connectivity index (χ1) is 10.2. The summed E-state index contributed by atoms with van der Waals surface area (Å²) in [7, 11) is 4.58. The molecule has 0 aliphatic carbocycles. The molecule has 0 amide bonds. The third kappa shape index (κ3) is 4.85. The molecule has 1 aromatic rings. The van der Waals surface area contributed by atoms with Crippen LogP contribution in [0.2, 0.25) is 0 Å². The molecule has 1 rings (SSSR count). The molecular formula is C15H19NO5. The maximum absolute atomic E-state index is 11.4. The standard InChI is InChI=1S/C15H19NO5/c1-5-8-16-21-14(17)7-6-11-9-12(18-2)15(20-4)13(10-11)19-3/h5-7,9-10,16H,1,8H2,2-4H3. The van der Waals surface area contributed by atoms with Gasteiger partial charge in [-0.15, -0.1) is 12.1 Å². The summed E-state index contributed by atoms with van der Waals surface area (Å²) >= 11 is 0. The quantitative estimate of drug-likeness (QED) is 0.342. The topological polar surface area (TPSA) is 66.0 Å². The fourth-order valence-corrected chi connectivity index (χ4v) is 1.57. The highest BCUT2D eigenvalue weighted by molar-refractivity contribution is 5.87. The van der Waals surface area contributed by atoms with Crippen molar-refractivity contribution in [2.45, 2.75) is 0 Å². The minimum absolute atomic E-state index is 0.379. The van der Waals surface area contributed by atoms with Crippen LogP contribution in [-0.4, -0.2) is 33.8 Å². The van der Waals surface area contributed by atoms with Crippen LogP contribution in [0.15, 0.2) is 30.9 Å². The monoisotopic (exact) mass is 293 g/mol. The van der Waals surface area contributed by atoms with E-state index in [1.165, 1.54) is 27.4 Å². The van der Waals surface area contributed by atoms with E-state index in [1.54, 1.807) is 24.3 Å². The highest BCUT2D eigenvalue weighted by atomic mass is 16.7.